The number of benzene rings is 2. The minimum absolute atomic E-state index is 0.0436. The summed E-state index contributed by atoms with van der Waals surface area (Å²) in [5.41, 5.74) is 1.67. The van der Waals surface area contributed by atoms with Gasteiger partial charge in [0.1, 0.15) is 11.6 Å². The van der Waals surface area contributed by atoms with E-state index in [2.05, 4.69) is 0 Å². The van der Waals surface area contributed by atoms with Gasteiger partial charge < -0.3 is 10.0 Å². The SMILES string of the molecule is N=C1C(c2ccccc2)=C(O)CN1c1cccc([N+](=O)[O-])c1. The molecule has 2 aromatic carbocycles. The van der Waals surface area contributed by atoms with Crippen molar-refractivity contribution in [1.29, 1.82) is 5.41 Å². The van der Waals surface area contributed by atoms with Crippen LogP contribution in [-0.2, 0) is 0 Å². The van der Waals surface area contributed by atoms with E-state index in [0.717, 1.165) is 5.56 Å². The van der Waals surface area contributed by atoms with Gasteiger partial charge in [0.15, 0.2) is 0 Å². The van der Waals surface area contributed by atoms with Crippen molar-refractivity contribution in [3.05, 3.63) is 76.0 Å². The van der Waals surface area contributed by atoms with Crippen molar-refractivity contribution in [3.8, 4) is 0 Å². The maximum absolute atomic E-state index is 10.9. The number of nitro groups is 1. The van der Waals surface area contributed by atoms with E-state index in [0.29, 0.717) is 11.3 Å². The summed E-state index contributed by atoms with van der Waals surface area (Å²) in [5.74, 6) is 0.215. The Labute approximate surface area is 126 Å². The third-order valence-electron chi connectivity index (χ3n) is 3.52. The van der Waals surface area contributed by atoms with E-state index >= 15 is 0 Å². The Morgan fingerprint density at radius 3 is 2.55 bits per heavy atom. The van der Waals surface area contributed by atoms with Gasteiger partial charge in [-0.1, -0.05) is 36.4 Å². The molecule has 2 N–H and O–H groups in total. The van der Waals surface area contributed by atoms with Crippen LogP contribution in [0.2, 0.25) is 0 Å². The summed E-state index contributed by atoms with van der Waals surface area (Å²) in [6.07, 6.45) is 0. The monoisotopic (exact) mass is 295 g/mol. The van der Waals surface area contributed by atoms with Gasteiger partial charge in [-0.25, -0.2) is 0 Å². The van der Waals surface area contributed by atoms with E-state index in [1.54, 1.807) is 17.0 Å². The fraction of sp³-hybridized carbons (Fsp3) is 0.0625. The molecule has 0 saturated carbocycles. The largest absolute Gasteiger partial charge is 0.510 e. The zero-order valence-corrected chi connectivity index (χ0v) is 11.6. The molecule has 0 atom stereocenters. The molecule has 0 fully saturated rings. The summed E-state index contributed by atoms with van der Waals surface area (Å²) in [6, 6.07) is 15.2. The Kier molecular flexibility index (Phi) is 3.34. The zero-order chi connectivity index (χ0) is 15.7. The van der Waals surface area contributed by atoms with Crippen molar-refractivity contribution >= 4 is 22.8 Å². The van der Waals surface area contributed by atoms with Gasteiger partial charge in [0.2, 0.25) is 0 Å². The topological polar surface area (TPSA) is 90.5 Å². The Bertz CT molecular complexity index is 784. The fourth-order valence-corrected chi connectivity index (χ4v) is 2.48. The molecule has 0 amide bonds. The number of amidine groups is 1. The molecule has 0 unspecified atom stereocenters. The summed E-state index contributed by atoms with van der Waals surface area (Å²) in [4.78, 5) is 11.9. The second-order valence-electron chi connectivity index (χ2n) is 4.90. The Balaban J connectivity index is 1.96. The van der Waals surface area contributed by atoms with Crippen molar-refractivity contribution in [3.63, 3.8) is 0 Å². The van der Waals surface area contributed by atoms with Crippen LogP contribution < -0.4 is 4.90 Å². The van der Waals surface area contributed by atoms with Gasteiger partial charge in [-0.05, 0) is 11.6 Å². The van der Waals surface area contributed by atoms with E-state index < -0.39 is 4.92 Å². The highest BCUT2D eigenvalue weighted by Crippen LogP contribution is 2.32. The first-order valence-electron chi connectivity index (χ1n) is 6.66. The van der Waals surface area contributed by atoms with Gasteiger partial charge in [0, 0.05) is 17.8 Å². The number of hydrogen-bond acceptors (Lipinski definition) is 4. The van der Waals surface area contributed by atoms with Gasteiger partial charge in [-0.3, -0.25) is 15.5 Å². The molecule has 0 aromatic heterocycles. The summed E-state index contributed by atoms with van der Waals surface area (Å²) in [5, 5.41) is 29.3. The molecule has 1 aliphatic rings. The highest BCUT2D eigenvalue weighted by molar-refractivity contribution is 6.30. The van der Waals surface area contributed by atoms with Crippen molar-refractivity contribution < 1.29 is 10.0 Å². The van der Waals surface area contributed by atoms with Crippen molar-refractivity contribution in [2.75, 3.05) is 11.4 Å². The standard InChI is InChI=1S/C16H13N3O3/c17-16-15(11-5-2-1-3-6-11)14(20)10-18(16)12-7-4-8-13(9-12)19(21)22/h1-9,17,20H,10H2. The van der Waals surface area contributed by atoms with Gasteiger partial charge in [-0.2, -0.15) is 0 Å². The third kappa shape index (κ3) is 2.31. The summed E-state index contributed by atoms with van der Waals surface area (Å²) in [6.45, 7) is 0.129. The minimum atomic E-state index is -0.478. The molecular weight excluding hydrogens is 282 g/mol. The number of rotatable bonds is 3. The molecule has 0 aliphatic carbocycles. The average Bonchev–Trinajstić information content (AvgIpc) is 2.83. The van der Waals surface area contributed by atoms with E-state index in [4.69, 9.17) is 5.41 Å². The lowest BCUT2D eigenvalue weighted by Gasteiger charge is -2.18. The van der Waals surface area contributed by atoms with Crippen LogP contribution in [0.1, 0.15) is 5.56 Å². The first-order valence-corrected chi connectivity index (χ1v) is 6.66. The fourth-order valence-electron chi connectivity index (χ4n) is 2.48. The molecular formula is C16H13N3O3. The van der Waals surface area contributed by atoms with Crippen LogP contribution in [0.15, 0.2) is 60.4 Å². The second-order valence-corrected chi connectivity index (χ2v) is 4.90. The molecule has 6 heteroatoms. The van der Waals surface area contributed by atoms with Crippen LogP contribution in [0.5, 0.6) is 0 Å². The van der Waals surface area contributed by atoms with Gasteiger partial charge in [-0.15, -0.1) is 0 Å². The predicted octanol–water partition coefficient (Wildman–Crippen LogP) is 3.36. The molecule has 0 bridgehead atoms. The quantitative estimate of drug-likeness (QED) is 0.671. The molecule has 2 aromatic rings. The summed E-state index contributed by atoms with van der Waals surface area (Å²) < 4.78 is 0. The van der Waals surface area contributed by atoms with Crippen LogP contribution in [0.4, 0.5) is 11.4 Å². The molecule has 0 spiro atoms. The lowest BCUT2D eigenvalue weighted by Crippen LogP contribution is -2.26. The molecule has 0 radical (unpaired) electrons. The number of nitrogens with one attached hydrogen (secondary N) is 1. The average molecular weight is 295 g/mol. The van der Waals surface area contributed by atoms with Gasteiger partial charge in [0.05, 0.1) is 17.0 Å². The minimum Gasteiger partial charge on any atom is -0.510 e. The molecule has 0 saturated heterocycles. The van der Waals surface area contributed by atoms with Crippen LogP contribution in [-0.4, -0.2) is 22.4 Å². The van der Waals surface area contributed by atoms with Crippen molar-refractivity contribution in [1.82, 2.24) is 0 Å². The Morgan fingerprint density at radius 1 is 1.14 bits per heavy atom. The van der Waals surface area contributed by atoms with Crippen LogP contribution >= 0.6 is 0 Å². The molecule has 1 aliphatic heterocycles. The normalized spacial score (nSPS) is 14.5. The predicted molar refractivity (Wildman–Crippen MR) is 84.2 cm³/mol. The first-order chi connectivity index (χ1) is 10.6. The number of nitrogens with zero attached hydrogens (tertiary/aromatic N) is 2. The van der Waals surface area contributed by atoms with Gasteiger partial charge in [0.25, 0.3) is 5.69 Å². The molecule has 3 rings (SSSR count). The van der Waals surface area contributed by atoms with Crippen molar-refractivity contribution in [2.24, 2.45) is 0 Å². The number of aliphatic hydroxyl groups excluding tert-OH is 1. The molecule has 6 nitrogen and oxygen atoms in total. The number of anilines is 1. The van der Waals surface area contributed by atoms with Crippen LogP contribution in [0.3, 0.4) is 0 Å². The molecule has 22 heavy (non-hydrogen) atoms. The number of hydrogen-bond donors (Lipinski definition) is 2. The van der Waals surface area contributed by atoms with Crippen LogP contribution in [0.25, 0.3) is 5.57 Å². The van der Waals surface area contributed by atoms with Gasteiger partial charge >= 0.3 is 0 Å². The van der Waals surface area contributed by atoms with E-state index in [9.17, 15) is 15.2 Å². The number of aliphatic hydroxyl groups is 1. The third-order valence-corrected chi connectivity index (χ3v) is 3.52. The Morgan fingerprint density at radius 2 is 1.86 bits per heavy atom. The molecule has 1 heterocycles. The van der Waals surface area contributed by atoms with Crippen molar-refractivity contribution in [2.45, 2.75) is 0 Å². The lowest BCUT2D eigenvalue weighted by atomic mass is 10.1. The first kappa shape index (κ1) is 13.8. The summed E-state index contributed by atoms with van der Waals surface area (Å²) >= 11 is 0. The number of nitro benzene ring substituents is 1. The summed E-state index contributed by atoms with van der Waals surface area (Å²) in [7, 11) is 0. The Hall–Kier alpha value is -3.15. The smallest absolute Gasteiger partial charge is 0.271 e. The maximum Gasteiger partial charge on any atom is 0.271 e. The van der Waals surface area contributed by atoms with Crippen LogP contribution in [0, 0.1) is 15.5 Å². The maximum atomic E-state index is 10.9. The lowest BCUT2D eigenvalue weighted by molar-refractivity contribution is -0.384. The second kappa shape index (κ2) is 5.33. The highest BCUT2D eigenvalue weighted by atomic mass is 16.6. The highest BCUT2D eigenvalue weighted by Gasteiger charge is 2.29. The van der Waals surface area contributed by atoms with E-state index in [-0.39, 0.29) is 23.8 Å². The zero-order valence-electron chi connectivity index (χ0n) is 11.6. The van der Waals surface area contributed by atoms with E-state index in [1.807, 2.05) is 30.3 Å². The molecule has 110 valence electrons. The number of non-ortho nitro benzene ring substituents is 1. The van der Waals surface area contributed by atoms with E-state index in [1.165, 1.54) is 12.1 Å².